The molecule has 1 aromatic heterocycles. The minimum Gasteiger partial charge on any atom is -0.472 e. The molecule has 0 bridgehead atoms. The van der Waals surface area contributed by atoms with Crippen molar-refractivity contribution >= 4 is 10.0 Å². The summed E-state index contributed by atoms with van der Waals surface area (Å²) in [5.41, 5.74) is 0.0221. The van der Waals surface area contributed by atoms with Gasteiger partial charge in [0.05, 0.1) is 28.5 Å². The molecule has 2 aromatic rings. The monoisotopic (exact) mass is 482 g/mol. The average Bonchev–Trinajstić information content (AvgIpc) is 3.15. The zero-order valence-electron chi connectivity index (χ0n) is 17.9. The Morgan fingerprint density at radius 1 is 1.06 bits per heavy atom. The van der Waals surface area contributed by atoms with Gasteiger partial charge in [0.15, 0.2) is 0 Å². The van der Waals surface area contributed by atoms with E-state index in [9.17, 15) is 21.6 Å². The van der Waals surface area contributed by atoms with Gasteiger partial charge in [-0.05, 0) is 31.0 Å². The standard InChI is InChI=1S/C22H25F3N4O3S/c23-22(24,25)16-5-2-6-19(9-16)33(30,31)29-8-7-28-14-18(10-17(28)13-29)32-21-12-26-20(11-27-21)15-3-1-4-15/h2,5-6,9,11-12,15,17-18H,1,3-4,7-8,10,13-14H2/t17-,18-/m0/s1. The topological polar surface area (TPSA) is 75.6 Å². The second-order valence-electron chi connectivity index (χ2n) is 8.92. The summed E-state index contributed by atoms with van der Waals surface area (Å²) < 4.78 is 72.5. The molecular weight excluding hydrogens is 457 g/mol. The first-order valence-corrected chi connectivity index (χ1v) is 12.5. The second kappa shape index (κ2) is 8.52. The number of piperazine rings is 1. The maximum atomic E-state index is 13.0. The molecule has 2 saturated heterocycles. The van der Waals surface area contributed by atoms with Gasteiger partial charge in [-0.1, -0.05) is 12.5 Å². The lowest BCUT2D eigenvalue weighted by Crippen LogP contribution is -2.51. The number of benzene rings is 1. The molecule has 3 fully saturated rings. The summed E-state index contributed by atoms with van der Waals surface area (Å²) in [6, 6.07) is 3.85. The molecular formula is C22H25F3N4O3S. The van der Waals surface area contributed by atoms with Crippen LogP contribution >= 0.6 is 0 Å². The lowest BCUT2D eigenvalue weighted by atomic mass is 9.83. The molecule has 1 aliphatic carbocycles. The number of hydrogen-bond acceptors (Lipinski definition) is 6. The van der Waals surface area contributed by atoms with Crippen LogP contribution in [0, 0.1) is 0 Å². The highest BCUT2D eigenvalue weighted by Crippen LogP contribution is 2.35. The molecule has 0 radical (unpaired) electrons. The Kier molecular flexibility index (Phi) is 5.82. The summed E-state index contributed by atoms with van der Waals surface area (Å²) in [5, 5.41) is 0. The van der Waals surface area contributed by atoms with Gasteiger partial charge in [0.25, 0.3) is 0 Å². The van der Waals surface area contributed by atoms with Crippen LogP contribution in [0.5, 0.6) is 5.88 Å². The summed E-state index contributed by atoms with van der Waals surface area (Å²) in [5.74, 6) is 0.952. The Hall–Kier alpha value is -2.24. The first-order valence-electron chi connectivity index (χ1n) is 11.1. The first-order chi connectivity index (χ1) is 15.7. The minimum atomic E-state index is -4.60. The summed E-state index contributed by atoms with van der Waals surface area (Å²) >= 11 is 0. The molecule has 1 aromatic carbocycles. The van der Waals surface area contributed by atoms with Crippen LogP contribution in [-0.4, -0.2) is 65.9 Å². The number of rotatable bonds is 5. The van der Waals surface area contributed by atoms with E-state index in [2.05, 4.69) is 14.9 Å². The smallest absolute Gasteiger partial charge is 0.416 e. The summed E-state index contributed by atoms with van der Waals surface area (Å²) in [7, 11) is -4.03. The molecule has 178 valence electrons. The number of halogens is 3. The number of fused-ring (bicyclic) bond motifs is 1. The number of sulfonamides is 1. The third kappa shape index (κ3) is 4.58. The van der Waals surface area contributed by atoms with Crippen LogP contribution in [0.1, 0.15) is 42.9 Å². The van der Waals surface area contributed by atoms with Gasteiger partial charge in [-0.15, -0.1) is 0 Å². The van der Waals surface area contributed by atoms with Crippen LogP contribution in [0.3, 0.4) is 0 Å². The van der Waals surface area contributed by atoms with E-state index in [1.807, 2.05) is 0 Å². The normalized spacial score (nSPS) is 24.9. The summed E-state index contributed by atoms with van der Waals surface area (Å²) in [6.07, 6.45) is 2.81. The third-order valence-corrected chi connectivity index (χ3v) is 8.66. The summed E-state index contributed by atoms with van der Waals surface area (Å²) in [6.45, 7) is 1.58. The molecule has 0 spiro atoms. The number of alkyl halides is 3. The maximum absolute atomic E-state index is 13.0. The summed E-state index contributed by atoms with van der Waals surface area (Å²) in [4.78, 5) is 10.7. The third-order valence-electron chi connectivity index (χ3n) is 6.80. The lowest BCUT2D eigenvalue weighted by Gasteiger charge is -2.36. The molecule has 3 heterocycles. The Balaban J connectivity index is 1.23. The SMILES string of the molecule is O=S(=O)(c1cccc(C(F)(F)F)c1)N1CCN2C[C@@H](Oc3cnc(C4CCC4)cn3)C[C@H]2C1. The van der Waals surface area contributed by atoms with Crippen molar-refractivity contribution in [3.05, 3.63) is 47.9 Å². The molecule has 0 amide bonds. The Morgan fingerprint density at radius 2 is 1.88 bits per heavy atom. The molecule has 0 unspecified atom stereocenters. The van der Waals surface area contributed by atoms with E-state index in [-0.39, 0.29) is 30.1 Å². The van der Waals surface area contributed by atoms with E-state index < -0.39 is 21.8 Å². The van der Waals surface area contributed by atoms with E-state index in [1.54, 1.807) is 12.4 Å². The van der Waals surface area contributed by atoms with E-state index in [0.29, 0.717) is 37.4 Å². The van der Waals surface area contributed by atoms with Crippen molar-refractivity contribution in [3.63, 3.8) is 0 Å². The van der Waals surface area contributed by atoms with Crippen LogP contribution in [0.4, 0.5) is 13.2 Å². The van der Waals surface area contributed by atoms with E-state index in [4.69, 9.17) is 4.74 Å². The molecule has 2 atom stereocenters. The van der Waals surface area contributed by atoms with Crippen LogP contribution in [0.15, 0.2) is 41.6 Å². The largest absolute Gasteiger partial charge is 0.472 e. The van der Waals surface area contributed by atoms with Gasteiger partial charge in [0.1, 0.15) is 6.10 Å². The molecule has 1 saturated carbocycles. The molecule has 33 heavy (non-hydrogen) atoms. The number of nitrogens with zero attached hydrogens (tertiary/aromatic N) is 4. The predicted molar refractivity (Wildman–Crippen MR) is 113 cm³/mol. The van der Waals surface area contributed by atoms with Gasteiger partial charge >= 0.3 is 6.18 Å². The highest BCUT2D eigenvalue weighted by molar-refractivity contribution is 7.89. The van der Waals surface area contributed by atoms with E-state index in [0.717, 1.165) is 30.7 Å². The van der Waals surface area contributed by atoms with Gasteiger partial charge in [0.2, 0.25) is 15.9 Å². The zero-order valence-corrected chi connectivity index (χ0v) is 18.7. The second-order valence-corrected chi connectivity index (χ2v) is 10.9. The van der Waals surface area contributed by atoms with Crippen LogP contribution in [0.25, 0.3) is 0 Å². The maximum Gasteiger partial charge on any atom is 0.416 e. The van der Waals surface area contributed by atoms with Crippen molar-refractivity contribution in [3.8, 4) is 5.88 Å². The number of hydrogen-bond donors (Lipinski definition) is 0. The lowest BCUT2D eigenvalue weighted by molar-refractivity contribution is -0.137. The minimum absolute atomic E-state index is 0.0634. The van der Waals surface area contributed by atoms with E-state index >= 15 is 0 Å². The van der Waals surface area contributed by atoms with Crippen molar-refractivity contribution in [1.82, 2.24) is 19.2 Å². The van der Waals surface area contributed by atoms with Gasteiger partial charge in [-0.25, -0.2) is 13.4 Å². The number of ether oxygens (including phenoxy) is 1. The van der Waals surface area contributed by atoms with Crippen LogP contribution in [-0.2, 0) is 16.2 Å². The fourth-order valence-electron chi connectivity index (χ4n) is 4.73. The molecule has 5 rings (SSSR count). The van der Waals surface area contributed by atoms with Crippen LogP contribution in [0.2, 0.25) is 0 Å². The van der Waals surface area contributed by atoms with Crippen molar-refractivity contribution in [1.29, 1.82) is 0 Å². The fraction of sp³-hybridized carbons (Fsp3) is 0.545. The molecule has 3 aliphatic rings. The highest BCUT2D eigenvalue weighted by atomic mass is 32.2. The number of aromatic nitrogens is 2. The molecule has 2 aliphatic heterocycles. The van der Waals surface area contributed by atoms with Gasteiger partial charge in [-0.3, -0.25) is 9.88 Å². The Labute approximate surface area is 190 Å². The van der Waals surface area contributed by atoms with Crippen molar-refractivity contribution in [2.45, 2.75) is 54.8 Å². The fourth-order valence-corrected chi connectivity index (χ4v) is 6.24. The Morgan fingerprint density at radius 3 is 2.55 bits per heavy atom. The van der Waals surface area contributed by atoms with Crippen molar-refractivity contribution in [2.75, 3.05) is 26.2 Å². The van der Waals surface area contributed by atoms with Crippen LogP contribution < -0.4 is 4.74 Å². The first kappa shape index (κ1) is 22.5. The predicted octanol–water partition coefficient (Wildman–Crippen LogP) is 3.29. The van der Waals surface area contributed by atoms with Crippen molar-refractivity contribution in [2.24, 2.45) is 0 Å². The van der Waals surface area contributed by atoms with E-state index in [1.165, 1.54) is 16.8 Å². The molecule has 7 nitrogen and oxygen atoms in total. The highest BCUT2D eigenvalue weighted by Gasteiger charge is 2.41. The molecule has 11 heteroatoms. The zero-order chi connectivity index (χ0) is 23.2. The molecule has 0 N–H and O–H groups in total. The average molecular weight is 483 g/mol. The quantitative estimate of drug-likeness (QED) is 0.651. The van der Waals surface area contributed by atoms with Gasteiger partial charge in [-0.2, -0.15) is 17.5 Å². The van der Waals surface area contributed by atoms with Gasteiger partial charge < -0.3 is 4.74 Å². The Bertz CT molecular complexity index is 1110. The van der Waals surface area contributed by atoms with Gasteiger partial charge in [0, 0.05) is 44.6 Å². The van der Waals surface area contributed by atoms with Crippen molar-refractivity contribution < 1.29 is 26.3 Å².